The van der Waals surface area contributed by atoms with Gasteiger partial charge in [-0.2, -0.15) is 0 Å². The summed E-state index contributed by atoms with van der Waals surface area (Å²) >= 11 is 12.5. The van der Waals surface area contributed by atoms with Gasteiger partial charge in [0.15, 0.2) is 0 Å². The fourth-order valence-electron chi connectivity index (χ4n) is 4.48. The summed E-state index contributed by atoms with van der Waals surface area (Å²) in [5.41, 5.74) is 8.58. The van der Waals surface area contributed by atoms with E-state index in [2.05, 4.69) is 34.6 Å². The number of benzene rings is 2. The molecule has 1 aliphatic heterocycles. The van der Waals surface area contributed by atoms with Crippen LogP contribution < -0.4 is 21.3 Å². The predicted molar refractivity (Wildman–Crippen MR) is 149 cm³/mol. The normalized spacial score (nSPS) is 15.4. The summed E-state index contributed by atoms with van der Waals surface area (Å²) in [6.07, 6.45) is 0.280. The monoisotopic (exact) mass is 549 g/mol. The minimum absolute atomic E-state index is 0.0351. The summed E-state index contributed by atoms with van der Waals surface area (Å²) in [7, 11) is 1.70. The van der Waals surface area contributed by atoms with Crippen molar-refractivity contribution in [3.63, 3.8) is 0 Å². The number of ether oxygens (including phenoxy) is 1. The zero-order valence-electron chi connectivity index (χ0n) is 21.5. The average Bonchev–Trinajstić information content (AvgIpc) is 2.88. The average molecular weight is 551 g/mol. The van der Waals surface area contributed by atoms with Crippen LogP contribution in [0, 0.1) is 0 Å². The zero-order valence-corrected chi connectivity index (χ0v) is 23.0. The van der Waals surface area contributed by atoms with E-state index in [4.69, 9.17) is 33.7 Å². The Balaban J connectivity index is 1.63. The first kappa shape index (κ1) is 29.2. The number of hydrogen-bond acceptors (Lipinski definition) is 6. The molecule has 0 aromatic heterocycles. The smallest absolute Gasteiger partial charge is 0.225 e. The molecule has 8 nitrogen and oxygen atoms in total. The molecule has 1 saturated heterocycles. The van der Waals surface area contributed by atoms with Crippen LogP contribution in [0.1, 0.15) is 36.9 Å². The number of para-hydroxylation sites is 1. The number of anilines is 1. The summed E-state index contributed by atoms with van der Waals surface area (Å²) in [5, 5.41) is 7.32. The summed E-state index contributed by atoms with van der Waals surface area (Å²) in [6.45, 7) is 6.36. The van der Waals surface area contributed by atoms with Crippen molar-refractivity contribution in [3.8, 4) is 0 Å². The molecule has 1 aliphatic rings. The second-order valence-corrected chi connectivity index (χ2v) is 10.1. The Labute approximate surface area is 229 Å². The fraction of sp³-hybridized carbons (Fsp3) is 0.481. The van der Waals surface area contributed by atoms with Crippen LogP contribution in [0.15, 0.2) is 42.5 Å². The van der Waals surface area contributed by atoms with Gasteiger partial charge in [0.05, 0.1) is 19.1 Å². The van der Waals surface area contributed by atoms with Gasteiger partial charge in [-0.25, -0.2) is 0 Å². The molecule has 0 bridgehead atoms. The lowest BCUT2D eigenvalue weighted by atomic mass is 10.0. The summed E-state index contributed by atoms with van der Waals surface area (Å²) in [6, 6.07) is 13.1. The van der Waals surface area contributed by atoms with Gasteiger partial charge in [-0.3, -0.25) is 9.59 Å². The van der Waals surface area contributed by atoms with Crippen LogP contribution >= 0.6 is 23.2 Å². The van der Waals surface area contributed by atoms with Crippen molar-refractivity contribution in [2.24, 2.45) is 5.73 Å². The van der Waals surface area contributed by atoms with Crippen molar-refractivity contribution in [2.45, 2.75) is 38.4 Å². The van der Waals surface area contributed by atoms with E-state index in [1.807, 2.05) is 17.0 Å². The van der Waals surface area contributed by atoms with E-state index >= 15 is 0 Å². The molecule has 2 amide bonds. The molecule has 2 aromatic rings. The predicted octanol–water partition coefficient (Wildman–Crippen LogP) is 3.36. The number of amides is 2. The first-order chi connectivity index (χ1) is 17.8. The first-order valence-corrected chi connectivity index (χ1v) is 13.3. The van der Waals surface area contributed by atoms with Crippen LogP contribution in [0.5, 0.6) is 0 Å². The molecule has 0 aliphatic carbocycles. The Bertz CT molecular complexity index is 1050. The third-order valence-electron chi connectivity index (χ3n) is 6.45. The van der Waals surface area contributed by atoms with Gasteiger partial charge in [0.25, 0.3) is 0 Å². The molecule has 0 saturated carbocycles. The Morgan fingerprint density at radius 2 is 1.84 bits per heavy atom. The quantitative estimate of drug-likeness (QED) is 0.375. The topological polar surface area (TPSA) is 99.9 Å². The van der Waals surface area contributed by atoms with Gasteiger partial charge in [0.1, 0.15) is 0 Å². The summed E-state index contributed by atoms with van der Waals surface area (Å²) in [5.74, 6) is -0.256. The van der Waals surface area contributed by atoms with Crippen LogP contribution in [-0.4, -0.2) is 69.2 Å². The Morgan fingerprint density at radius 3 is 2.51 bits per heavy atom. The van der Waals surface area contributed by atoms with Crippen LogP contribution in [0.3, 0.4) is 0 Å². The van der Waals surface area contributed by atoms with Crippen molar-refractivity contribution in [2.75, 3.05) is 51.3 Å². The number of rotatable bonds is 12. The van der Waals surface area contributed by atoms with Crippen LogP contribution in [-0.2, 0) is 20.9 Å². The van der Waals surface area contributed by atoms with E-state index in [0.29, 0.717) is 35.3 Å². The highest BCUT2D eigenvalue weighted by Gasteiger charge is 2.27. The molecule has 2 unspecified atom stereocenters. The van der Waals surface area contributed by atoms with Crippen LogP contribution in [0.2, 0.25) is 10.0 Å². The number of carbonyl (C=O) groups is 2. The third kappa shape index (κ3) is 8.58. The molecule has 10 heteroatoms. The Kier molecular flexibility index (Phi) is 11.5. The molecular formula is C27H37Cl2N5O3. The van der Waals surface area contributed by atoms with Crippen molar-refractivity contribution >= 4 is 40.7 Å². The molecule has 0 spiro atoms. The van der Waals surface area contributed by atoms with E-state index in [1.165, 1.54) is 11.3 Å². The van der Waals surface area contributed by atoms with E-state index in [-0.39, 0.29) is 37.2 Å². The molecule has 1 fully saturated rings. The second-order valence-electron chi connectivity index (χ2n) is 9.26. The van der Waals surface area contributed by atoms with E-state index in [0.717, 1.165) is 19.6 Å². The zero-order chi connectivity index (χ0) is 26.8. The number of halogens is 2. The van der Waals surface area contributed by atoms with Gasteiger partial charge < -0.3 is 30.9 Å². The first-order valence-electron chi connectivity index (χ1n) is 12.6. The minimum atomic E-state index is -0.560. The lowest BCUT2D eigenvalue weighted by molar-refractivity contribution is -0.132. The second kappa shape index (κ2) is 14.5. The largest absolute Gasteiger partial charge is 0.383 e. The van der Waals surface area contributed by atoms with Crippen LogP contribution in [0.4, 0.5) is 5.69 Å². The maximum atomic E-state index is 13.3. The third-order valence-corrected chi connectivity index (χ3v) is 7.01. The number of nitrogens with zero attached hydrogens (tertiary/aromatic N) is 2. The van der Waals surface area contributed by atoms with Gasteiger partial charge in [0.2, 0.25) is 11.8 Å². The van der Waals surface area contributed by atoms with Crippen molar-refractivity contribution in [1.82, 2.24) is 15.5 Å². The molecule has 4 N–H and O–H groups in total. The van der Waals surface area contributed by atoms with Gasteiger partial charge in [-0.1, -0.05) is 47.5 Å². The number of nitrogens with two attached hydrogens (primary N) is 1. The van der Waals surface area contributed by atoms with E-state index < -0.39 is 6.04 Å². The van der Waals surface area contributed by atoms with Crippen molar-refractivity contribution in [3.05, 3.63) is 63.6 Å². The fourth-order valence-corrected chi connectivity index (χ4v) is 5.02. The molecule has 1 heterocycles. The van der Waals surface area contributed by atoms with Gasteiger partial charge in [-0.05, 0) is 36.2 Å². The molecule has 2 atom stereocenters. The Morgan fingerprint density at radius 1 is 1.11 bits per heavy atom. The number of piperazine rings is 1. The standard InChI is InChI=1S/C27H37Cl2N5O3/c1-19(18-37-2)31-17-20-5-3-4-6-25(20)33-11-13-34(14-12-33)27(36)16-24(32-26(35)9-10-30)22-8-7-21(28)15-23(22)29/h3-8,15,19,24,31H,9-14,16-18,30H2,1-2H3,(H,32,35). The van der Waals surface area contributed by atoms with E-state index in [9.17, 15) is 9.59 Å². The molecule has 3 rings (SSSR count). The van der Waals surface area contributed by atoms with Crippen LogP contribution in [0.25, 0.3) is 0 Å². The van der Waals surface area contributed by atoms with Gasteiger partial charge in [-0.15, -0.1) is 0 Å². The van der Waals surface area contributed by atoms with E-state index in [1.54, 1.807) is 25.3 Å². The number of methoxy groups -OCH3 is 1. The SMILES string of the molecule is COCC(C)NCc1ccccc1N1CCN(C(=O)CC(NC(=O)CCN)c2ccc(Cl)cc2Cl)CC1. The number of nitrogens with one attached hydrogen (secondary N) is 2. The lowest BCUT2D eigenvalue weighted by Crippen LogP contribution is -2.49. The number of hydrogen-bond donors (Lipinski definition) is 3. The molecule has 2 aromatic carbocycles. The minimum Gasteiger partial charge on any atom is -0.383 e. The lowest BCUT2D eigenvalue weighted by Gasteiger charge is -2.37. The van der Waals surface area contributed by atoms with Crippen molar-refractivity contribution in [1.29, 1.82) is 0 Å². The summed E-state index contributed by atoms with van der Waals surface area (Å²) in [4.78, 5) is 29.8. The maximum absolute atomic E-state index is 13.3. The maximum Gasteiger partial charge on any atom is 0.225 e. The molecule has 0 radical (unpaired) electrons. The Hall–Kier alpha value is -2.36. The van der Waals surface area contributed by atoms with Gasteiger partial charge in [0, 0.05) is 74.6 Å². The molecule has 202 valence electrons. The van der Waals surface area contributed by atoms with Gasteiger partial charge >= 0.3 is 0 Å². The molecule has 37 heavy (non-hydrogen) atoms. The number of carbonyl (C=O) groups excluding carboxylic acids is 2. The summed E-state index contributed by atoms with van der Waals surface area (Å²) < 4.78 is 5.22. The van der Waals surface area contributed by atoms with Crippen molar-refractivity contribution < 1.29 is 14.3 Å². The highest BCUT2D eigenvalue weighted by molar-refractivity contribution is 6.35. The highest BCUT2D eigenvalue weighted by Crippen LogP contribution is 2.29. The highest BCUT2D eigenvalue weighted by atomic mass is 35.5. The molecular weight excluding hydrogens is 513 g/mol.